The zero-order valence-corrected chi connectivity index (χ0v) is 8.87. The van der Waals surface area contributed by atoms with E-state index in [2.05, 4.69) is 0 Å². The van der Waals surface area contributed by atoms with Crippen LogP contribution in [0.15, 0.2) is 0 Å². The maximum Gasteiger partial charge on any atom is 0.309 e. The molecular formula is C11H20O3. The number of carboxylic acids is 1. The molecule has 1 aliphatic carbocycles. The third-order valence-electron chi connectivity index (χ3n) is 3.04. The van der Waals surface area contributed by atoms with Gasteiger partial charge >= 0.3 is 5.97 Å². The van der Waals surface area contributed by atoms with E-state index in [0.29, 0.717) is 19.1 Å². The van der Waals surface area contributed by atoms with Gasteiger partial charge in [0.25, 0.3) is 0 Å². The predicted molar refractivity (Wildman–Crippen MR) is 54.2 cm³/mol. The first kappa shape index (κ1) is 11.5. The number of rotatable bonds is 5. The third kappa shape index (κ3) is 3.29. The lowest BCUT2D eigenvalue weighted by Crippen LogP contribution is -2.29. The van der Waals surface area contributed by atoms with Gasteiger partial charge in [0.05, 0.1) is 12.5 Å². The molecule has 3 heteroatoms. The van der Waals surface area contributed by atoms with Crippen molar-refractivity contribution < 1.29 is 14.6 Å². The van der Waals surface area contributed by atoms with E-state index in [9.17, 15) is 4.79 Å². The molecule has 82 valence electrons. The summed E-state index contributed by atoms with van der Waals surface area (Å²) in [5.74, 6) is -0.631. The maximum atomic E-state index is 11.0. The van der Waals surface area contributed by atoms with Crippen molar-refractivity contribution in [1.29, 1.82) is 0 Å². The monoisotopic (exact) mass is 200 g/mol. The van der Waals surface area contributed by atoms with E-state index in [0.717, 1.165) is 12.8 Å². The highest BCUT2D eigenvalue weighted by atomic mass is 16.5. The van der Waals surface area contributed by atoms with Gasteiger partial charge in [0.2, 0.25) is 0 Å². The molecule has 0 saturated heterocycles. The van der Waals surface area contributed by atoms with Crippen molar-refractivity contribution in [2.24, 2.45) is 11.8 Å². The Labute approximate surface area is 85.5 Å². The lowest BCUT2D eigenvalue weighted by Gasteiger charge is -2.27. The van der Waals surface area contributed by atoms with Crippen LogP contribution in [-0.4, -0.2) is 24.3 Å². The number of hydrogen-bond acceptors (Lipinski definition) is 2. The lowest BCUT2D eigenvalue weighted by molar-refractivity contribution is -0.146. The smallest absolute Gasteiger partial charge is 0.309 e. The summed E-state index contributed by atoms with van der Waals surface area (Å²) in [7, 11) is 0. The molecule has 1 fully saturated rings. The van der Waals surface area contributed by atoms with Crippen LogP contribution >= 0.6 is 0 Å². The molecule has 3 nitrogen and oxygen atoms in total. The summed E-state index contributed by atoms with van der Waals surface area (Å²) in [5, 5.41) is 9.07. The highest BCUT2D eigenvalue weighted by Crippen LogP contribution is 2.30. The largest absolute Gasteiger partial charge is 0.481 e. The summed E-state index contributed by atoms with van der Waals surface area (Å²) in [4.78, 5) is 11.0. The minimum absolute atomic E-state index is 0.282. The molecule has 1 rings (SSSR count). The van der Waals surface area contributed by atoms with Crippen molar-refractivity contribution in [3.8, 4) is 0 Å². The number of carboxylic acid groups (broad SMARTS) is 1. The molecular weight excluding hydrogens is 180 g/mol. The van der Waals surface area contributed by atoms with Crippen molar-refractivity contribution in [3.63, 3.8) is 0 Å². The van der Waals surface area contributed by atoms with Gasteiger partial charge in [-0.1, -0.05) is 19.3 Å². The average Bonchev–Trinajstić information content (AvgIpc) is 2.19. The summed E-state index contributed by atoms with van der Waals surface area (Å²) < 4.78 is 5.23. The molecule has 0 aromatic heterocycles. The first-order valence-electron chi connectivity index (χ1n) is 5.56. The van der Waals surface area contributed by atoms with Crippen LogP contribution < -0.4 is 0 Å². The zero-order valence-electron chi connectivity index (χ0n) is 8.87. The van der Waals surface area contributed by atoms with Gasteiger partial charge in [0, 0.05) is 6.61 Å². The Morgan fingerprint density at radius 2 is 2.07 bits per heavy atom. The number of ether oxygens (including phenoxy) is 1. The molecule has 1 saturated carbocycles. The summed E-state index contributed by atoms with van der Waals surface area (Å²) in [6.45, 7) is 2.90. The molecule has 0 aromatic rings. The first-order valence-corrected chi connectivity index (χ1v) is 5.56. The molecule has 1 atom stereocenters. The third-order valence-corrected chi connectivity index (χ3v) is 3.04. The van der Waals surface area contributed by atoms with Gasteiger partial charge in [-0.3, -0.25) is 4.79 Å². The normalized spacial score (nSPS) is 20.6. The van der Waals surface area contributed by atoms with Gasteiger partial charge in [0.1, 0.15) is 0 Å². The molecule has 0 aliphatic heterocycles. The molecule has 0 unspecified atom stereocenters. The fourth-order valence-electron chi connectivity index (χ4n) is 2.19. The molecule has 0 amide bonds. The summed E-state index contributed by atoms with van der Waals surface area (Å²) >= 11 is 0. The SMILES string of the molecule is CCOC[C@@H](C(=O)O)C1CCCCC1. The van der Waals surface area contributed by atoms with Crippen molar-refractivity contribution >= 4 is 5.97 Å². The second kappa shape index (κ2) is 6.02. The van der Waals surface area contributed by atoms with E-state index in [1.54, 1.807) is 0 Å². The van der Waals surface area contributed by atoms with Crippen LogP contribution in [0.2, 0.25) is 0 Å². The molecule has 0 bridgehead atoms. The van der Waals surface area contributed by atoms with Gasteiger partial charge < -0.3 is 9.84 Å². The van der Waals surface area contributed by atoms with Gasteiger partial charge in [-0.15, -0.1) is 0 Å². The van der Waals surface area contributed by atoms with Gasteiger partial charge in [-0.05, 0) is 25.7 Å². The Hall–Kier alpha value is -0.570. The highest BCUT2D eigenvalue weighted by Gasteiger charge is 2.29. The Kier molecular flexibility index (Phi) is 4.94. The summed E-state index contributed by atoms with van der Waals surface area (Å²) in [5.41, 5.74) is 0. The number of hydrogen-bond donors (Lipinski definition) is 1. The topological polar surface area (TPSA) is 46.5 Å². The van der Waals surface area contributed by atoms with Crippen molar-refractivity contribution in [1.82, 2.24) is 0 Å². The maximum absolute atomic E-state index is 11.0. The second-order valence-corrected chi connectivity index (χ2v) is 4.00. The molecule has 14 heavy (non-hydrogen) atoms. The molecule has 0 heterocycles. The van der Waals surface area contributed by atoms with Crippen molar-refractivity contribution in [2.75, 3.05) is 13.2 Å². The quantitative estimate of drug-likeness (QED) is 0.740. The molecule has 1 aliphatic rings. The Morgan fingerprint density at radius 3 is 2.57 bits per heavy atom. The average molecular weight is 200 g/mol. The van der Waals surface area contributed by atoms with Crippen LogP contribution in [0.25, 0.3) is 0 Å². The minimum Gasteiger partial charge on any atom is -0.481 e. The Balaban J connectivity index is 2.43. The Bertz CT molecular complexity index is 173. The highest BCUT2D eigenvalue weighted by molar-refractivity contribution is 5.70. The molecule has 0 spiro atoms. The van der Waals surface area contributed by atoms with Gasteiger partial charge in [0.15, 0.2) is 0 Å². The van der Waals surface area contributed by atoms with Crippen LogP contribution in [-0.2, 0) is 9.53 Å². The summed E-state index contributed by atoms with van der Waals surface area (Å²) in [6, 6.07) is 0. The standard InChI is InChI=1S/C11H20O3/c1-2-14-8-10(11(12)13)9-6-4-3-5-7-9/h9-10H,2-8H2,1H3,(H,12,13)/t10-/m1/s1. The number of aliphatic carboxylic acids is 1. The fourth-order valence-corrected chi connectivity index (χ4v) is 2.19. The zero-order chi connectivity index (χ0) is 10.4. The van der Waals surface area contributed by atoms with E-state index < -0.39 is 5.97 Å². The molecule has 0 aromatic carbocycles. The lowest BCUT2D eigenvalue weighted by atomic mass is 9.80. The minimum atomic E-state index is -0.689. The van der Waals surface area contributed by atoms with E-state index in [4.69, 9.17) is 9.84 Å². The van der Waals surface area contributed by atoms with Crippen LogP contribution in [0.5, 0.6) is 0 Å². The van der Waals surface area contributed by atoms with E-state index in [1.165, 1.54) is 19.3 Å². The van der Waals surface area contributed by atoms with Crippen LogP contribution in [0.1, 0.15) is 39.0 Å². The van der Waals surface area contributed by atoms with Crippen LogP contribution in [0, 0.1) is 11.8 Å². The second-order valence-electron chi connectivity index (χ2n) is 4.00. The Morgan fingerprint density at radius 1 is 1.43 bits per heavy atom. The number of carbonyl (C=O) groups is 1. The first-order chi connectivity index (χ1) is 6.75. The van der Waals surface area contributed by atoms with Crippen molar-refractivity contribution in [3.05, 3.63) is 0 Å². The molecule has 0 radical (unpaired) electrons. The molecule has 1 N–H and O–H groups in total. The van der Waals surface area contributed by atoms with Crippen LogP contribution in [0.3, 0.4) is 0 Å². The van der Waals surface area contributed by atoms with Gasteiger partial charge in [-0.25, -0.2) is 0 Å². The van der Waals surface area contributed by atoms with E-state index in [1.807, 2.05) is 6.92 Å². The summed E-state index contributed by atoms with van der Waals surface area (Å²) in [6.07, 6.45) is 5.74. The van der Waals surface area contributed by atoms with Gasteiger partial charge in [-0.2, -0.15) is 0 Å². The van der Waals surface area contributed by atoms with Crippen LogP contribution in [0.4, 0.5) is 0 Å². The predicted octanol–water partition coefficient (Wildman–Crippen LogP) is 2.30. The fraction of sp³-hybridized carbons (Fsp3) is 0.909. The van der Waals surface area contributed by atoms with E-state index in [-0.39, 0.29) is 5.92 Å². The van der Waals surface area contributed by atoms with E-state index >= 15 is 0 Å². The van der Waals surface area contributed by atoms with Crippen molar-refractivity contribution in [2.45, 2.75) is 39.0 Å².